The number of hydrogen-bond donors (Lipinski definition) is 1. The van der Waals surface area contributed by atoms with Gasteiger partial charge >= 0.3 is 5.97 Å². The van der Waals surface area contributed by atoms with Crippen molar-refractivity contribution < 1.29 is 19.5 Å². The van der Waals surface area contributed by atoms with Crippen molar-refractivity contribution in [1.29, 1.82) is 0 Å². The Kier molecular flexibility index (Phi) is 4.02. The smallest absolute Gasteiger partial charge is 0.306 e. The average Bonchev–Trinajstić information content (AvgIpc) is 2.68. The van der Waals surface area contributed by atoms with Gasteiger partial charge in [0.1, 0.15) is 0 Å². The average molecular weight is 383 g/mol. The number of carboxylic acid groups (broad SMARTS) is 1. The quantitative estimate of drug-likeness (QED) is 0.731. The molecule has 4 heteroatoms. The van der Waals surface area contributed by atoms with Crippen molar-refractivity contribution in [3.63, 3.8) is 0 Å². The molecule has 6 rings (SSSR count). The Morgan fingerprint density at radius 2 is 1.86 bits per heavy atom. The van der Waals surface area contributed by atoms with Gasteiger partial charge in [-0.1, -0.05) is 31.9 Å². The van der Waals surface area contributed by atoms with E-state index < -0.39 is 5.97 Å². The van der Waals surface area contributed by atoms with E-state index in [0.29, 0.717) is 17.8 Å². The minimum absolute atomic E-state index is 0.127. The van der Waals surface area contributed by atoms with E-state index in [1.807, 2.05) is 0 Å². The highest BCUT2D eigenvalue weighted by Crippen LogP contribution is 2.69. The number of carbonyl (C=O) groups is 3. The third-order valence-electron chi connectivity index (χ3n) is 9.01. The SMILES string of the molecule is CC(C)C1=C[C@@]23CC[C@H]4[C@H](CCC[C@H]4C(=O)O)[C@@H]2C[C@@H]1[C@H]1C(=O)C=CC(=O)[C@H]13. The second-order valence-corrected chi connectivity index (χ2v) is 10.2. The van der Waals surface area contributed by atoms with E-state index in [1.165, 1.54) is 17.7 Å². The van der Waals surface area contributed by atoms with E-state index in [0.717, 1.165) is 38.5 Å². The van der Waals surface area contributed by atoms with E-state index in [9.17, 15) is 19.5 Å². The van der Waals surface area contributed by atoms with Crippen molar-refractivity contribution in [2.45, 2.75) is 52.4 Å². The zero-order chi connectivity index (χ0) is 19.8. The van der Waals surface area contributed by atoms with Crippen LogP contribution in [0.25, 0.3) is 0 Å². The molecule has 0 aromatic carbocycles. The van der Waals surface area contributed by atoms with Gasteiger partial charge in [0.05, 0.1) is 5.92 Å². The minimum Gasteiger partial charge on any atom is -0.481 e. The van der Waals surface area contributed by atoms with Crippen molar-refractivity contribution in [2.75, 3.05) is 0 Å². The second-order valence-electron chi connectivity index (χ2n) is 10.2. The molecule has 150 valence electrons. The number of carbonyl (C=O) groups excluding carboxylic acids is 2. The number of ketones is 2. The summed E-state index contributed by atoms with van der Waals surface area (Å²) < 4.78 is 0. The molecule has 28 heavy (non-hydrogen) atoms. The van der Waals surface area contributed by atoms with Gasteiger partial charge in [0, 0.05) is 17.3 Å². The number of fused-ring (bicyclic) bond motifs is 1. The van der Waals surface area contributed by atoms with E-state index in [-0.39, 0.29) is 46.6 Å². The standard InChI is InChI=1S/C24H30O4/c1-12(2)17-11-24-9-8-13-14(4-3-5-15(13)23(27)28)18(24)10-16(17)21-19(25)6-7-20(26)22(21)24/h6-7,11-16,18,21-22H,3-5,8-10H2,1-2H3,(H,27,28)/t13-,14-,15+,16-,18-,21-,22+,24-/m0/s1. The van der Waals surface area contributed by atoms with Gasteiger partial charge in [-0.15, -0.1) is 0 Å². The molecule has 6 aliphatic carbocycles. The summed E-state index contributed by atoms with van der Waals surface area (Å²) in [4.78, 5) is 37.8. The van der Waals surface area contributed by atoms with Crippen LogP contribution < -0.4 is 0 Å². The highest BCUT2D eigenvalue weighted by Gasteiger charge is 2.66. The fourth-order valence-electron chi connectivity index (χ4n) is 8.10. The summed E-state index contributed by atoms with van der Waals surface area (Å²) in [7, 11) is 0. The van der Waals surface area contributed by atoms with Crippen LogP contribution in [0.3, 0.4) is 0 Å². The lowest BCUT2D eigenvalue weighted by molar-refractivity contribution is -0.164. The van der Waals surface area contributed by atoms with Crippen molar-refractivity contribution in [3.05, 3.63) is 23.8 Å². The molecule has 0 radical (unpaired) electrons. The van der Waals surface area contributed by atoms with Crippen LogP contribution in [0, 0.1) is 52.8 Å². The Bertz CT molecular complexity index is 805. The molecule has 0 heterocycles. The van der Waals surface area contributed by atoms with Crippen molar-refractivity contribution in [1.82, 2.24) is 0 Å². The van der Waals surface area contributed by atoms with E-state index in [4.69, 9.17) is 0 Å². The van der Waals surface area contributed by atoms with Gasteiger partial charge in [0.2, 0.25) is 0 Å². The molecule has 0 aromatic heterocycles. The summed E-state index contributed by atoms with van der Waals surface area (Å²) in [6, 6.07) is 0. The third-order valence-corrected chi connectivity index (χ3v) is 9.01. The van der Waals surface area contributed by atoms with Gasteiger partial charge in [0.15, 0.2) is 11.6 Å². The first kappa shape index (κ1) is 18.3. The maximum atomic E-state index is 13.1. The Morgan fingerprint density at radius 3 is 2.57 bits per heavy atom. The first-order chi connectivity index (χ1) is 13.3. The zero-order valence-electron chi connectivity index (χ0n) is 16.8. The number of carboxylic acids is 1. The van der Waals surface area contributed by atoms with Gasteiger partial charge in [-0.05, 0) is 73.8 Å². The fraction of sp³-hybridized carbons (Fsp3) is 0.708. The first-order valence-electron chi connectivity index (χ1n) is 11.1. The van der Waals surface area contributed by atoms with Crippen LogP contribution in [0.5, 0.6) is 0 Å². The second kappa shape index (κ2) is 6.14. The summed E-state index contributed by atoms with van der Waals surface area (Å²) in [6.45, 7) is 4.40. The van der Waals surface area contributed by atoms with Gasteiger partial charge in [-0.3, -0.25) is 14.4 Å². The highest BCUT2D eigenvalue weighted by molar-refractivity contribution is 6.08. The molecule has 1 N–H and O–H groups in total. The van der Waals surface area contributed by atoms with Crippen LogP contribution in [-0.4, -0.2) is 22.6 Å². The molecule has 2 bridgehead atoms. The third kappa shape index (κ3) is 2.26. The summed E-state index contributed by atoms with van der Waals surface area (Å²) in [5.41, 5.74) is 1.14. The molecule has 0 amide bonds. The lowest BCUT2D eigenvalue weighted by Crippen LogP contribution is -2.62. The molecular weight excluding hydrogens is 352 g/mol. The molecule has 3 fully saturated rings. The molecule has 0 unspecified atom stereocenters. The van der Waals surface area contributed by atoms with Crippen LogP contribution in [-0.2, 0) is 14.4 Å². The molecule has 0 aromatic rings. The summed E-state index contributed by atoms with van der Waals surface area (Å²) in [5.74, 6) is 0.482. The van der Waals surface area contributed by atoms with Crippen LogP contribution in [0.1, 0.15) is 52.4 Å². The van der Waals surface area contributed by atoms with E-state index in [2.05, 4.69) is 19.9 Å². The van der Waals surface area contributed by atoms with E-state index >= 15 is 0 Å². The highest BCUT2D eigenvalue weighted by atomic mass is 16.4. The largest absolute Gasteiger partial charge is 0.481 e. The lowest BCUT2D eigenvalue weighted by atomic mass is 9.38. The maximum absolute atomic E-state index is 13.1. The molecular formula is C24H30O4. The maximum Gasteiger partial charge on any atom is 0.306 e. The molecule has 8 atom stereocenters. The Morgan fingerprint density at radius 1 is 1.11 bits per heavy atom. The van der Waals surface area contributed by atoms with Crippen LogP contribution >= 0.6 is 0 Å². The van der Waals surface area contributed by atoms with Crippen LogP contribution in [0.15, 0.2) is 23.8 Å². The van der Waals surface area contributed by atoms with Crippen LogP contribution in [0.2, 0.25) is 0 Å². The van der Waals surface area contributed by atoms with E-state index in [1.54, 1.807) is 0 Å². The number of hydrogen-bond acceptors (Lipinski definition) is 3. The predicted octanol–water partition coefficient (Wildman–Crippen LogP) is 4.06. The molecule has 0 aliphatic heterocycles. The molecule has 1 spiro atoms. The molecule has 3 saturated carbocycles. The summed E-state index contributed by atoms with van der Waals surface area (Å²) >= 11 is 0. The van der Waals surface area contributed by atoms with Crippen molar-refractivity contribution in [3.8, 4) is 0 Å². The summed E-state index contributed by atoms with van der Waals surface area (Å²) in [5, 5.41) is 9.76. The Hall–Kier alpha value is -1.71. The first-order valence-corrected chi connectivity index (χ1v) is 11.1. The monoisotopic (exact) mass is 382 g/mol. The van der Waals surface area contributed by atoms with Crippen molar-refractivity contribution in [2.24, 2.45) is 52.8 Å². The van der Waals surface area contributed by atoms with Gasteiger partial charge in [-0.2, -0.15) is 0 Å². The topological polar surface area (TPSA) is 71.4 Å². The summed E-state index contributed by atoms with van der Waals surface area (Å²) in [6.07, 6.45) is 11.0. The molecule has 4 nitrogen and oxygen atoms in total. The normalized spacial score (nSPS) is 46.7. The minimum atomic E-state index is -0.644. The van der Waals surface area contributed by atoms with Gasteiger partial charge in [0.25, 0.3) is 0 Å². The fourth-order valence-corrected chi connectivity index (χ4v) is 8.10. The van der Waals surface area contributed by atoms with Crippen LogP contribution in [0.4, 0.5) is 0 Å². The Balaban J connectivity index is 1.62. The zero-order valence-corrected chi connectivity index (χ0v) is 16.8. The molecule has 6 aliphatic rings. The Labute approximate surface area is 166 Å². The number of rotatable bonds is 2. The number of allylic oxidation sites excluding steroid dienone is 4. The van der Waals surface area contributed by atoms with Crippen molar-refractivity contribution >= 4 is 17.5 Å². The lowest BCUT2D eigenvalue weighted by Gasteiger charge is -2.65. The van der Waals surface area contributed by atoms with Gasteiger partial charge in [-0.25, -0.2) is 0 Å². The number of aliphatic carboxylic acids is 1. The predicted molar refractivity (Wildman–Crippen MR) is 104 cm³/mol. The molecule has 0 saturated heterocycles. The van der Waals surface area contributed by atoms with Gasteiger partial charge < -0.3 is 5.11 Å².